The Kier molecular flexibility index (Phi) is 10.6. The molecule has 1 aromatic rings. The monoisotopic (exact) mass is 595 g/mol. The molecular formula is C34H49N3O4S. The average molecular weight is 596 g/mol. The predicted molar refractivity (Wildman–Crippen MR) is 170 cm³/mol. The van der Waals surface area contributed by atoms with E-state index in [1.165, 1.54) is 0 Å². The molecule has 42 heavy (non-hydrogen) atoms. The van der Waals surface area contributed by atoms with Gasteiger partial charge in [0.1, 0.15) is 6.04 Å². The summed E-state index contributed by atoms with van der Waals surface area (Å²) in [6, 6.07) is 8.66. The number of amides is 3. The normalized spacial score (nSPS) is 28.6. The molecule has 1 aromatic carbocycles. The van der Waals surface area contributed by atoms with Crippen molar-refractivity contribution in [1.29, 1.82) is 0 Å². The Morgan fingerprint density at radius 1 is 1.14 bits per heavy atom. The fourth-order valence-electron chi connectivity index (χ4n) is 7.61. The van der Waals surface area contributed by atoms with Crippen molar-refractivity contribution >= 4 is 29.5 Å². The number of hydrogen-bond donors (Lipinski definition) is 1. The first-order valence-corrected chi connectivity index (χ1v) is 16.5. The molecule has 3 aliphatic rings. The average Bonchev–Trinajstić information content (AvgIpc) is 3.57. The minimum atomic E-state index is -0.729. The van der Waals surface area contributed by atoms with E-state index in [0.29, 0.717) is 32.6 Å². The molecule has 0 saturated carbocycles. The largest absolute Gasteiger partial charge is 0.394 e. The molecule has 1 spiro atoms. The molecule has 3 heterocycles. The highest BCUT2D eigenvalue weighted by atomic mass is 32.2. The zero-order chi connectivity index (χ0) is 30.6. The third-order valence-corrected chi connectivity index (χ3v) is 11.4. The summed E-state index contributed by atoms with van der Waals surface area (Å²) in [7, 11) is 0. The van der Waals surface area contributed by atoms with Crippen molar-refractivity contribution in [3.05, 3.63) is 61.2 Å². The number of aliphatic hydroxyl groups excluding tert-OH is 1. The van der Waals surface area contributed by atoms with Gasteiger partial charge in [0.25, 0.3) is 0 Å². The zero-order valence-electron chi connectivity index (χ0n) is 25.8. The number of likely N-dealkylation sites (tertiary alicyclic amines) is 1. The van der Waals surface area contributed by atoms with Gasteiger partial charge in [0, 0.05) is 31.4 Å². The lowest BCUT2D eigenvalue weighted by Gasteiger charge is -2.42. The second-order valence-electron chi connectivity index (χ2n) is 12.7. The summed E-state index contributed by atoms with van der Waals surface area (Å²) in [6.07, 6.45) is 6.64. The Morgan fingerprint density at radius 2 is 1.81 bits per heavy atom. The van der Waals surface area contributed by atoms with Crippen molar-refractivity contribution in [3.8, 4) is 0 Å². The number of nitrogens with zero attached hydrogens (tertiary/aromatic N) is 3. The van der Waals surface area contributed by atoms with Crippen LogP contribution in [0.3, 0.4) is 0 Å². The SMILES string of the molecule is C=CCN(CCCC)C(=O)C1N([C@@H](CO)CC(C)C)C(=O)[C@@H]2[C@@H](C(=O)N(CC=C)Cc3ccccc3)[C@H]3CC(C)C12S3. The molecule has 7 nitrogen and oxygen atoms in total. The smallest absolute Gasteiger partial charge is 0.247 e. The molecule has 2 bridgehead atoms. The van der Waals surface area contributed by atoms with E-state index in [0.717, 1.165) is 24.8 Å². The van der Waals surface area contributed by atoms with Crippen LogP contribution < -0.4 is 0 Å². The van der Waals surface area contributed by atoms with Crippen LogP contribution in [0.4, 0.5) is 0 Å². The second-order valence-corrected chi connectivity index (χ2v) is 14.2. The van der Waals surface area contributed by atoms with E-state index in [1.807, 2.05) is 40.1 Å². The van der Waals surface area contributed by atoms with E-state index in [4.69, 9.17) is 0 Å². The quantitative estimate of drug-likeness (QED) is 0.296. The fraction of sp³-hybridized carbons (Fsp3) is 0.618. The van der Waals surface area contributed by atoms with Crippen molar-refractivity contribution in [2.45, 2.75) is 82.0 Å². The number of thioether (sulfide) groups is 1. The summed E-state index contributed by atoms with van der Waals surface area (Å²) >= 11 is 1.70. The van der Waals surface area contributed by atoms with Crippen LogP contribution in [-0.4, -0.2) is 85.8 Å². The van der Waals surface area contributed by atoms with E-state index in [2.05, 4.69) is 40.9 Å². The van der Waals surface area contributed by atoms with Crippen molar-refractivity contribution < 1.29 is 19.5 Å². The van der Waals surface area contributed by atoms with Crippen molar-refractivity contribution in [1.82, 2.24) is 14.7 Å². The molecule has 3 aliphatic heterocycles. The number of carbonyl (C=O) groups excluding carboxylic acids is 3. The van der Waals surface area contributed by atoms with Gasteiger partial charge in [0.2, 0.25) is 17.7 Å². The van der Waals surface area contributed by atoms with E-state index in [-0.39, 0.29) is 41.4 Å². The number of benzene rings is 1. The maximum absolute atomic E-state index is 14.7. The summed E-state index contributed by atoms with van der Waals surface area (Å²) in [5, 5.41) is 10.6. The summed E-state index contributed by atoms with van der Waals surface area (Å²) in [4.78, 5) is 49.1. The van der Waals surface area contributed by atoms with Gasteiger partial charge in [-0.1, -0.05) is 76.6 Å². The third-order valence-electron chi connectivity index (χ3n) is 9.37. The van der Waals surface area contributed by atoms with Crippen LogP contribution in [0, 0.1) is 23.7 Å². The Morgan fingerprint density at radius 3 is 2.40 bits per heavy atom. The topological polar surface area (TPSA) is 81.2 Å². The number of fused-ring (bicyclic) bond motifs is 1. The fourth-order valence-corrected chi connectivity index (χ4v) is 10.0. The summed E-state index contributed by atoms with van der Waals surface area (Å²) in [5.74, 6) is -1.12. The number of hydrogen-bond acceptors (Lipinski definition) is 5. The molecule has 3 unspecified atom stereocenters. The molecule has 3 amide bonds. The maximum Gasteiger partial charge on any atom is 0.247 e. The predicted octanol–water partition coefficient (Wildman–Crippen LogP) is 4.76. The second kappa shape index (κ2) is 13.8. The summed E-state index contributed by atoms with van der Waals surface area (Å²) in [6.45, 7) is 17.8. The van der Waals surface area contributed by atoms with E-state index < -0.39 is 28.7 Å². The summed E-state index contributed by atoms with van der Waals surface area (Å²) < 4.78 is -0.720. The van der Waals surface area contributed by atoms with Gasteiger partial charge in [-0.2, -0.15) is 0 Å². The Labute approximate surface area is 256 Å². The van der Waals surface area contributed by atoms with Gasteiger partial charge in [0.05, 0.1) is 29.2 Å². The van der Waals surface area contributed by atoms with Gasteiger partial charge < -0.3 is 19.8 Å². The Bertz CT molecular complexity index is 1140. The highest BCUT2D eigenvalue weighted by molar-refractivity contribution is 8.02. The molecule has 0 aliphatic carbocycles. The zero-order valence-corrected chi connectivity index (χ0v) is 26.6. The first-order chi connectivity index (χ1) is 20.2. The molecule has 8 heteroatoms. The number of rotatable bonds is 15. The van der Waals surface area contributed by atoms with Crippen LogP contribution in [0.5, 0.6) is 0 Å². The van der Waals surface area contributed by atoms with Gasteiger partial charge in [-0.3, -0.25) is 14.4 Å². The minimum Gasteiger partial charge on any atom is -0.394 e. The Balaban J connectivity index is 1.78. The molecule has 3 fully saturated rings. The van der Waals surface area contributed by atoms with E-state index in [1.54, 1.807) is 28.8 Å². The minimum absolute atomic E-state index is 0.0387. The lowest BCUT2D eigenvalue weighted by molar-refractivity contribution is -0.147. The third kappa shape index (κ3) is 5.81. The van der Waals surface area contributed by atoms with E-state index in [9.17, 15) is 19.5 Å². The van der Waals surface area contributed by atoms with E-state index >= 15 is 0 Å². The molecule has 3 saturated heterocycles. The molecule has 7 atom stereocenters. The molecule has 0 radical (unpaired) electrons. The standard InChI is InChI=1S/C34H49N3O4S/c1-7-10-18-35(16-8-2)33(41)30-34-24(6)20-27(42-34)28(29(34)32(40)37(30)26(22-38)19-23(4)5)31(39)36(17-9-3)21-25-14-12-11-13-15-25/h8-9,11-15,23-24,26-30,38H,2-3,7,10,16-22H2,1,4-6H3/t24?,26-,27-,28+,29+,30?,34?/m1/s1. The summed E-state index contributed by atoms with van der Waals surface area (Å²) in [5.41, 5.74) is 1.02. The molecule has 4 rings (SSSR count). The molecule has 1 N–H and O–H groups in total. The van der Waals surface area contributed by atoms with Gasteiger partial charge >= 0.3 is 0 Å². The van der Waals surface area contributed by atoms with Crippen LogP contribution in [0.25, 0.3) is 0 Å². The van der Waals surface area contributed by atoms with Gasteiger partial charge in [0.15, 0.2) is 0 Å². The van der Waals surface area contributed by atoms with Crippen LogP contribution >= 0.6 is 11.8 Å². The lowest BCUT2D eigenvalue weighted by Crippen LogP contribution is -2.59. The van der Waals surface area contributed by atoms with Crippen molar-refractivity contribution in [3.63, 3.8) is 0 Å². The van der Waals surface area contributed by atoms with Gasteiger partial charge in [-0.15, -0.1) is 24.9 Å². The highest BCUT2D eigenvalue weighted by Crippen LogP contribution is 2.69. The van der Waals surface area contributed by atoms with Crippen LogP contribution in [0.2, 0.25) is 0 Å². The highest BCUT2D eigenvalue weighted by Gasteiger charge is 2.77. The van der Waals surface area contributed by atoms with Crippen LogP contribution in [0.15, 0.2) is 55.6 Å². The first kappa shape index (κ1) is 32.3. The van der Waals surface area contributed by atoms with Gasteiger partial charge in [-0.05, 0) is 36.7 Å². The molecular weight excluding hydrogens is 546 g/mol. The Hall–Kier alpha value is -2.58. The van der Waals surface area contributed by atoms with Gasteiger partial charge in [-0.25, -0.2) is 0 Å². The van der Waals surface area contributed by atoms with Crippen molar-refractivity contribution in [2.75, 3.05) is 26.2 Å². The van der Waals surface area contributed by atoms with Crippen LogP contribution in [0.1, 0.15) is 58.9 Å². The first-order valence-electron chi connectivity index (χ1n) is 15.6. The number of aliphatic hydroxyl groups is 1. The maximum atomic E-state index is 14.7. The van der Waals surface area contributed by atoms with Crippen molar-refractivity contribution in [2.24, 2.45) is 23.7 Å². The van der Waals surface area contributed by atoms with Crippen LogP contribution in [-0.2, 0) is 20.9 Å². The molecule has 0 aromatic heterocycles. The number of unbranched alkanes of at least 4 members (excludes halogenated alkanes) is 1. The lowest BCUT2D eigenvalue weighted by atomic mass is 9.65. The number of carbonyl (C=O) groups is 3. The molecule has 230 valence electrons.